The average molecular weight is 448 g/mol. The van der Waals surface area contributed by atoms with Gasteiger partial charge in [-0.2, -0.15) is 0 Å². The Kier molecular flexibility index (Phi) is 7.83. The number of aliphatic imine (C=N–C) groups is 1. The highest BCUT2D eigenvalue weighted by molar-refractivity contribution is 5.84. The molecule has 1 aliphatic rings. The zero-order valence-electron chi connectivity index (χ0n) is 20.2. The predicted molar refractivity (Wildman–Crippen MR) is 138 cm³/mol. The Bertz CT molecular complexity index is 1060. The number of aromatic amines is 1. The molecule has 0 atom stereocenters. The average Bonchev–Trinajstić information content (AvgIpc) is 3.24. The van der Waals surface area contributed by atoms with Crippen molar-refractivity contribution in [2.45, 2.75) is 33.7 Å². The summed E-state index contributed by atoms with van der Waals surface area (Å²) in [7, 11) is 0. The quantitative estimate of drug-likeness (QED) is 0.365. The summed E-state index contributed by atoms with van der Waals surface area (Å²) >= 11 is 0. The van der Waals surface area contributed by atoms with Crippen LogP contribution in [0.3, 0.4) is 0 Å². The Labute approximate surface area is 197 Å². The number of hydrogen-bond donors (Lipinski definition) is 3. The third-order valence-corrected chi connectivity index (χ3v) is 6.33. The van der Waals surface area contributed by atoms with Gasteiger partial charge in [0.15, 0.2) is 5.96 Å². The fourth-order valence-electron chi connectivity index (χ4n) is 4.36. The lowest BCUT2D eigenvalue weighted by Gasteiger charge is -2.34. The highest BCUT2D eigenvalue weighted by Crippen LogP contribution is 2.20. The van der Waals surface area contributed by atoms with Gasteiger partial charge in [-0.25, -0.2) is 9.98 Å². The molecule has 0 amide bonds. The summed E-state index contributed by atoms with van der Waals surface area (Å²) in [6, 6.07) is 10.8. The molecular formula is C26H37N7. The van der Waals surface area contributed by atoms with Crippen molar-refractivity contribution in [3.05, 3.63) is 59.4 Å². The van der Waals surface area contributed by atoms with Crippen LogP contribution in [0, 0.1) is 6.92 Å². The molecule has 7 nitrogen and oxygen atoms in total. The van der Waals surface area contributed by atoms with Crippen LogP contribution in [-0.4, -0.2) is 66.6 Å². The number of hydrogen-bond acceptors (Lipinski definition) is 4. The number of fused-ring (bicyclic) bond motifs is 1. The molecule has 1 fully saturated rings. The van der Waals surface area contributed by atoms with E-state index in [4.69, 9.17) is 4.99 Å². The molecule has 7 heteroatoms. The maximum Gasteiger partial charge on any atom is 0.191 e. The number of piperazine rings is 1. The summed E-state index contributed by atoms with van der Waals surface area (Å²) in [5.41, 5.74) is 4.99. The van der Waals surface area contributed by atoms with Crippen molar-refractivity contribution < 1.29 is 0 Å². The third-order valence-electron chi connectivity index (χ3n) is 6.33. The third kappa shape index (κ3) is 6.05. The lowest BCUT2D eigenvalue weighted by Crippen LogP contribution is -2.46. The van der Waals surface area contributed by atoms with E-state index in [1.54, 1.807) is 0 Å². The number of likely N-dealkylation sites (N-methyl/N-ethyl adjacent to an activating group) is 1. The van der Waals surface area contributed by atoms with Gasteiger partial charge in [0.05, 0.1) is 6.54 Å². The van der Waals surface area contributed by atoms with E-state index in [2.05, 4.69) is 87.7 Å². The van der Waals surface area contributed by atoms with Crippen LogP contribution in [-0.2, 0) is 13.0 Å². The van der Waals surface area contributed by atoms with Crippen LogP contribution < -0.4 is 15.5 Å². The maximum atomic E-state index is 4.82. The first kappa shape index (κ1) is 23.1. The fraction of sp³-hybridized carbons (Fsp3) is 0.462. The molecule has 33 heavy (non-hydrogen) atoms. The molecule has 0 unspecified atom stereocenters. The van der Waals surface area contributed by atoms with Gasteiger partial charge in [-0.15, -0.1) is 0 Å². The number of aryl methyl sites for hydroxylation is 1. The van der Waals surface area contributed by atoms with E-state index in [0.29, 0.717) is 6.54 Å². The lowest BCUT2D eigenvalue weighted by atomic mass is 10.1. The second kappa shape index (κ2) is 11.2. The number of H-pyrrole nitrogens is 1. The molecule has 3 heterocycles. The Morgan fingerprint density at radius 1 is 1.09 bits per heavy atom. The van der Waals surface area contributed by atoms with E-state index in [1.165, 1.54) is 27.6 Å². The van der Waals surface area contributed by atoms with Crippen LogP contribution in [0.5, 0.6) is 0 Å². The normalized spacial score (nSPS) is 15.2. The highest BCUT2D eigenvalue weighted by atomic mass is 15.3. The molecule has 0 bridgehead atoms. The molecule has 1 aromatic carbocycles. The van der Waals surface area contributed by atoms with Gasteiger partial charge in [-0.05, 0) is 61.7 Å². The van der Waals surface area contributed by atoms with Gasteiger partial charge in [-0.1, -0.05) is 19.1 Å². The maximum absolute atomic E-state index is 4.82. The van der Waals surface area contributed by atoms with Crippen molar-refractivity contribution in [2.75, 3.05) is 50.7 Å². The number of aromatic nitrogens is 2. The molecule has 1 aliphatic heterocycles. The minimum Gasteiger partial charge on any atom is -0.361 e. The van der Waals surface area contributed by atoms with Crippen LogP contribution in [0.1, 0.15) is 30.5 Å². The molecular weight excluding hydrogens is 410 g/mol. The van der Waals surface area contributed by atoms with Gasteiger partial charge in [-0.3, -0.25) is 0 Å². The molecule has 0 radical (unpaired) electrons. The summed E-state index contributed by atoms with van der Waals surface area (Å²) in [5.74, 6) is 1.91. The van der Waals surface area contributed by atoms with Crippen molar-refractivity contribution >= 4 is 22.7 Å². The van der Waals surface area contributed by atoms with Crippen molar-refractivity contribution in [2.24, 2.45) is 4.99 Å². The Morgan fingerprint density at radius 3 is 2.73 bits per heavy atom. The van der Waals surface area contributed by atoms with Crippen molar-refractivity contribution in [1.29, 1.82) is 0 Å². The van der Waals surface area contributed by atoms with Gasteiger partial charge in [0.1, 0.15) is 5.82 Å². The first-order valence-corrected chi connectivity index (χ1v) is 12.2. The Hall–Kier alpha value is -3.06. The van der Waals surface area contributed by atoms with Crippen LogP contribution in [0.2, 0.25) is 0 Å². The minimum atomic E-state index is 0.631. The minimum absolute atomic E-state index is 0.631. The van der Waals surface area contributed by atoms with Crippen LogP contribution in [0.15, 0.2) is 47.7 Å². The fourth-order valence-corrected chi connectivity index (χ4v) is 4.36. The monoisotopic (exact) mass is 447 g/mol. The second-order valence-electron chi connectivity index (χ2n) is 8.68. The number of rotatable bonds is 8. The summed E-state index contributed by atoms with van der Waals surface area (Å²) < 4.78 is 0. The number of benzene rings is 1. The number of guanidine groups is 1. The summed E-state index contributed by atoms with van der Waals surface area (Å²) in [6.45, 7) is 14.1. The summed E-state index contributed by atoms with van der Waals surface area (Å²) in [6.07, 6.45) is 4.97. The topological polar surface area (TPSA) is 71.6 Å². The van der Waals surface area contributed by atoms with Gasteiger partial charge in [0.25, 0.3) is 0 Å². The number of anilines is 1. The highest BCUT2D eigenvalue weighted by Gasteiger charge is 2.16. The molecule has 1 saturated heterocycles. The molecule has 176 valence electrons. The van der Waals surface area contributed by atoms with Gasteiger partial charge in [0.2, 0.25) is 0 Å². The van der Waals surface area contributed by atoms with E-state index >= 15 is 0 Å². The zero-order chi connectivity index (χ0) is 23.0. The molecule has 2 aromatic heterocycles. The van der Waals surface area contributed by atoms with Crippen LogP contribution in [0.4, 0.5) is 5.82 Å². The first-order valence-electron chi connectivity index (χ1n) is 12.2. The van der Waals surface area contributed by atoms with Gasteiger partial charge in [0, 0.05) is 62.6 Å². The van der Waals surface area contributed by atoms with E-state index in [-0.39, 0.29) is 0 Å². The van der Waals surface area contributed by atoms with Crippen LogP contribution in [0.25, 0.3) is 10.9 Å². The van der Waals surface area contributed by atoms with Gasteiger partial charge < -0.3 is 25.4 Å². The SMILES string of the molecule is CCNC(=NCc1ccnc(N2CCN(CC)CC2)c1)NCCc1c[nH]c2cc(C)ccc12. The van der Waals surface area contributed by atoms with Crippen molar-refractivity contribution in [3.8, 4) is 0 Å². The largest absolute Gasteiger partial charge is 0.361 e. The summed E-state index contributed by atoms with van der Waals surface area (Å²) in [4.78, 5) is 17.7. The standard InChI is InChI=1S/C26H37N7/c1-4-27-26(29-11-9-22-19-30-24-16-20(3)6-7-23(22)24)31-18-21-8-10-28-25(17-21)33-14-12-32(5-2)13-15-33/h6-8,10,16-17,19,30H,4-5,9,11-15,18H2,1-3H3,(H2,27,29,31). The predicted octanol–water partition coefficient (Wildman–Crippen LogP) is 3.31. The lowest BCUT2D eigenvalue weighted by molar-refractivity contribution is 0.270. The number of nitrogens with one attached hydrogen (secondary N) is 3. The summed E-state index contributed by atoms with van der Waals surface area (Å²) in [5, 5.41) is 8.15. The van der Waals surface area contributed by atoms with E-state index in [0.717, 1.165) is 64.0 Å². The van der Waals surface area contributed by atoms with E-state index in [9.17, 15) is 0 Å². The van der Waals surface area contributed by atoms with E-state index < -0.39 is 0 Å². The Balaban J connectivity index is 1.34. The number of nitrogens with zero attached hydrogens (tertiary/aromatic N) is 4. The molecule has 0 aliphatic carbocycles. The Morgan fingerprint density at radius 2 is 1.94 bits per heavy atom. The van der Waals surface area contributed by atoms with Crippen molar-refractivity contribution in [3.63, 3.8) is 0 Å². The van der Waals surface area contributed by atoms with E-state index in [1.807, 2.05) is 6.20 Å². The second-order valence-corrected chi connectivity index (χ2v) is 8.68. The van der Waals surface area contributed by atoms with Gasteiger partial charge >= 0.3 is 0 Å². The molecule has 4 rings (SSSR count). The van der Waals surface area contributed by atoms with Crippen molar-refractivity contribution in [1.82, 2.24) is 25.5 Å². The molecule has 0 spiro atoms. The first-order chi connectivity index (χ1) is 16.2. The molecule has 0 saturated carbocycles. The molecule has 3 aromatic rings. The smallest absolute Gasteiger partial charge is 0.191 e. The zero-order valence-corrected chi connectivity index (χ0v) is 20.2. The number of pyridine rings is 1. The molecule has 3 N–H and O–H groups in total. The van der Waals surface area contributed by atoms with Crippen LogP contribution >= 0.6 is 0 Å².